The van der Waals surface area contributed by atoms with Crippen LogP contribution in [0.15, 0.2) is 47.5 Å². The number of halogens is 3. The largest absolute Gasteiger partial charge is 0.306 e. The van der Waals surface area contributed by atoms with E-state index in [1.165, 1.54) is 47.4 Å². The summed E-state index contributed by atoms with van der Waals surface area (Å²) in [7, 11) is 0. The second-order valence-electron chi connectivity index (χ2n) is 6.82. The lowest BCUT2D eigenvalue weighted by molar-refractivity contribution is -0.132. The molecule has 0 unspecified atom stereocenters. The molecule has 0 saturated carbocycles. The van der Waals surface area contributed by atoms with E-state index in [1.54, 1.807) is 13.8 Å². The summed E-state index contributed by atoms with van der Waals surface area (Å²) in [6, 6.07) is 9.55. The number of amides is 1. The monoisotopic (exact) mass is 390 g/mol. The fourth-order valence-electron chi connectivity index (χ4n) is 2.93. The van der Waals surface area contributed by atoms with Gasteiger partial charge in [-0.1, -0.05) is 17.7 Å². The maximum Gasteiger partial charge on any atom is 0.275 e. The summed E-state index contributed by atoms with van der Waals surface area (Å²) < 4.78 is 26.4. The highest BCUT2D eigenvalue weighted by Crippen LogP contribution is 2.26. The van der Waals surface area contributed by atoms with Crippen molar-refractivity contribution in [2.75, 3.05) is 6.54 Å². The zero-order valence-electron chi connectivity index (χ0n) is 14.8. The standard InChI is InChI=1S/C20H17ClF2N2O2/c1-20(2)24-18(13-4-6-14(22)7-5-13)19(27)25(20)11-15(26)9-12-3-8-17(23)16(21)10-12/h3-8,10H,9,11H2,1-2H3. The summed E-state index contributed by atoms with van der Waals surface area (Å²) in [5.74, 6) is -1.58. The highest BCUT2D eigenvalue weighted by atomic mass is 35.5. The molecule has 4 nitrogen and oxygen atoms in total. The lowest BCUT2D eigenvalue weighted by Crippen LogP contribution is -2.45. The summed E-state index contributed by atoms with van der Waals surface area (Å²) in [5.41, 5.74) is 0.347. The van der Waals surface area contributed by atoms with E-state index in [1.807, 2.05) is 0 Å². The van der Waals surface area contributed by atoms with Crippen LogP contribution in [-0.4, -0.2) is 34.5 Å². The molecule has 0 atom stereocenters. The highest BCUT2D eigenvalue weighted by Gasteiger charge is 2.41. The van der Waals surface area contributed by atoms with Gasteiger partial charge in [-0.15, -0.1) is 0 Å². The van der Waals surface area contributed by atoms with Crippen LogP contribution in [0.3, 0.4) is 0 Å². The second-order valence-corrected chi connectivity index (χ2v) is 7.22. The van der Waals surface area contributed by atoms with Gasteiger partial charge < -0.3 is 4.90 Å². The Balaban J connectivity index is 1.75. The van der Waals surface area contributed by atoms with Crippen LogP contribution in [0.1, 0.15) is 25.0 Å². The van der Waals surface area contributed by atoms with Gasteiger partial charge in [0.25, 0.3) is 5.91 Å². The van der Waals surface area contributed by atoms with Crippen molar-refractivity contribution in [3.8, 4) is 0 Å². The SMILES string of the molecule is CC1(C)N=C(c2ccc(F)cc2)C(=O)N1CC(=O)Cc1ccc(F)c(Cl)c1. The molecule has 1 heterocycles. The van der Waals surface area contributed by atoms with E-state index in [4.69, 9.17) is 11.6 Å². The third-order valence-electron chi connectivity index (χ3n) is 4.33. The Labute approximate surface area is 160 Å². The Hall–Kier alpha value is -2.60. The fraction of sp³-hybridized carbons (Fsp3) is 0.250. The average molecular weight is 391 g/mol. The van der Waals surface area contributed by atoms with E-state index in [9.17, 15) is 18.4 Å². The molecule has 2 aromatic rings. The number of hydrogen-bond donors (Lipinski definition) is 0. The normalized spacial score (nSPS) is 15.8. The topological polar surface area (TPSA) is 49.7 Å². The van der Waals surface area contributed by atoms with Crippen LogP contribution in [0.25, 0.3) is 0 Å². The zero-order valence-corrected chi connectivity index (χ0v) is 15.6. The van der Waals surface area contributed by atoms with E-state index in [-0.39, 0.29) is 29.5 Å². The zero-order chi connectivity index (χ0) is 19.8. The van der Waals surface area contributed by atoms with Gasteiger partial charge in [0.05, 0.1) is 11.6 Å². The fourth-order valence-corrected chi connectivity index (χ4v) is 3.13. The van der Waals surface area contributed by atoms with E-state index in [0.717, 1.165) is 0 Å². The third kappa shape index (κ3) is 4.06. The summed E-state index contributed by atoms with van der Waals surface area (Å²) in [5, 5.41) is -0.0557. The quantitative estimate of drug-likeness (QED) is 0.779. The van der Waals surface area contributed by atoms with Gasteiger partial charge in [0.15, 0.2) is 5.78 Å². The van der Waals surface area contributed by atoms with Crippen molar-refractivity contribution in [1.29, 1.82) is 0 Å². The molecule has 0 saturated heterocycles. The van der Waals surface area contributed by atoms with Crippen LogP contribution >= 0.6 is 11.6 Å². The number of aliphatic imine (C=N–C) groups is 1. The number of nitrogens with zero attached hydrogens (tertiary/aromatic N) is 2. The molecule has 0 aromatic heterocycles. The molecule has 0 spiro atoms. The molecule has 1 aliphatic rings. The molecule has 1 aliphatic heterocycles. The molecule has 0 fully saturated rings. The molecule has 2 aromatic carbocycles. The van der Waals surface area contributed by atoms with Gasteiger partial charge in [-0.2, -0.15) is 0 Å². The maximum atomic E-state index is 13.2. The van der Waals surface area contributed by atoms with Gasteiger partial charge in [-0.05, 0) is 55.8 Å². The van der Waals surface area contributed by atoms with Crippen molar-refractivity contribution in [3.63, 3.8) is 0 Å². The summed E-state index contributed by atoms with van der Waals surface area (Å²) >= 11 is 5.74. The molecule has 27 heavy (non-hydrogen) atoms. The second kappa shape index (κ2) is 7.19. The van der Waals surface area contributed by atoms with Crippen molar-refractivity contribution in [1.82, 2.24) is 4.90 Å². The van der Waals surface area contributed by atoms with Gasteiger partial charge in [0, 0.05) is 12.0 Å². The summed E-state index contributed by atoms with van der Waals surface area (Å²) in [4.78, 5) is 31.0. The van der Waals surface area contributed by atoms with Gasteiger partial charge in [-0.25, -0.2) is 8.78 Å². The predicted octanol–water partition coefficient (Wildman–Crippen LogP) is 3.80. The van der Waals surface area contributed by atoms with Gasteiger partial charge in [-0.3, -0.25) is 14.6 Å². The number of ketones is 1. The summed E-state index contributed by atoms with van der Waals surface area (Å²) in [6.07, 6.45) is 0.0196. The molecule has 7 heteroatoms. The molecular formula is C20H17ClF2N2O2. The number of benzene rings is 2. The van der Waals surface area contributed by atoms with E-state index < -0.39 is 23.2 Å². The molecule has 0 bridgehead atoms. The van der Waals surface area contributed by atoms with Crippen LogP contribution in [0.4, 0.5) is 8.78 Å². The molecular weight excluding hydrogens is 374 g/mol. The lowest BCUT2D eigenvalue weighted by Gasteiger charge is -2.28. The van der Waals surface area contributed by atoms with Crippen LogP contribution < -0.4 is 0 Å². The smallest absolute Gasteiger partial charge is 0.275 e. The number of carbonyl (C=O) groups excluding carboxylic acids is 2. The summed E-state index contributed by atoms with van der Waals surface area (Å²) in [6.45, 7) is 3.31. The molecule has 0 N–H and O–H groups in total. The average Bonchev–Trinajstić information content (AvgIpc) is 2.82. The minimum atomic E-state index is -0.906. The van der Waals surface area contributed by atoms with E-state index in [0.29, 0.717) is 11.1 Å². The Morgan fingerprint density at radius 2 is 1.81 bits per heavy atom. The van der Waals surface area contributed by atoms with E-state index in [2.05, 4.69) is 4.99 Å². The Kier molecular flexibility index (Phi) is 5.11. The lowest BCUT2D eigenvalue weighted by atomic mass is 10.1. The Bertz CT molecular complexity index is 939. The van der Waals surface area contributed by atoms with Gasteiger partial charge in [0.2, 0.25) is 0 Å². The number of carbonyl (C=O) groups is 2. The van der Waals surface area contributed by atoms with Crippen LogP contribution in [0, 0.1) is 11.6 Å². The molecule has 0 radical (unpaired) electrons. The van der Waals surface area contributed by atoms with E-state index >= 15 is 0 Å². The number of Topliss-reactive ketones (excluding diaryl/α,β-unsaturated/α-hetero) is 1. The van der Waals surface area contributed by atoms with Gasteiger partial charge >= 0.3 is 0 Å². The van der Waals surface area contributed by atoms with Crippen LogP contribution in [0.2, 0.25) is 5.02 Å². The number of rotatable bonds is 5. The van der Waals surface area contributed by atoms with Crippen molar-refractivity contribution in [3.05, 3.63) is 70.2 Å². The van der Waals surface area contributed by atoms with Crippen molar-refractivity contribution < 1.29 is 18.4 Å². The highest BCUT2D eigenvalue weighted by molar-refractivity contribution is 6.47. The molecule has 0 aliphatic carbocycles. The minimum Gasteiger partial charge on any atom is -0.306 e. The van der Waals surface area contributed by atoms with Crippen molar-refractivity contribution in [2.24, 2.45) is 4.99 Å². The van der Waals surface area contributed by atoms with Crippen LogP contribution in [0.5, 0.6) is 0 Å². The minimum absolute atomic E-state index is 0.0196. The van der Waals surface area contributed by atoms with Gasteiger partial charge in [0.1, 0.15) is 23.0 Å². The first kappa shape index (κ1) is 19.2. The molecule has 3 rings (SSSR count). The molecule has 1 amide bonds. The van der Waals surface area contributed by atoms with Crippen LogP contribution in [-0.2, 0) is 16.0 Å². The Morgan fingerprint density at radius 3 is 2.44 bits per heavy atom. The Morgan fingerprint density at radius 1 is 1.15 bits per heavy atom. The van der Waals surface area contributed by atoms with Crippen molar-refractivity contribution in [2.45, 2.75) is 25.9 Å². The third-order valence-corrected chi connectivity index (χ3v) is 4.62. The maximum absolute atomic E-state index is 13.2. The first-order valence-corrected chi connectivity index (χ1v) is 8.68. The predicted molar refractivity (Wildman–Crippen MR) is 98.9 cm³/mol. The van der Waals surface area contributed by atoms with Crippen molar-refractivity contribution >= 4 is 29.0 Å². The molecule has 140 valence electrons. The number of hydrogen-bond acceptors (Lipinski definition) is 3. The first-order valence-electron chi connectivity index (χ1n) is 8.31. The first-order chi connectivity index (χ1) is 12.7.